The van der Waals surface area contributed by atoms with Crippen LogP contribution in [-0.4, -0.2) is 0 Å². The number of hydrogen-bond acceptors (Lipinski definition) is 1. The molecular weight excluding hydrogens is 211 g/mol. The summed E-state index contributed by atoms with van der Waals surface area (Å²) < 4.78 is 18.3. The van der Waals surface area contributed by atoms with Crippen molar-refractivity contribution in [2.45, 2.75) is 0 Å². The van der Waals surface area contributed by atoms with Crippen LogP contribution in [0.3, 0.4) is 0 Å². The van der Waals surface area contributed by atoms with Crippen LogP contribution in [0.2, 0.25) is 0 Å². The molecule has 11 heavy (non-hydrogen) atoms. The molecule has 1 aromatic rings. The van der Waals surface area contributed by atoms with Crippen molar-refractivity contribution in [3.8, 4) is 5.75 Å². The fourth-order valence-corrected chi connectivity index (χ4v) is 0.994. The molecule has 0 radical (unpaired) electrons. The Bertz CT molecular complexity index is 273. The van der Waals surface area contributed by atoms with Crippen molar-refractivity contribution in [2.24, 2.45) is 0 Å². The Labute approximate surface area is 72.6 Å². The van der Waals surface area contributed by atoms with Gasteiger partial charge in [-0.05, 0) is 18.2 Å². The van der Waals surface area contributed by atoms with Crippen molar-refractivity contribution in [1.29, 1.82) is 0 Å². The topological polar surface area (TPSA) is 9.23 Å². The Morgan fingerprint density at radius 3 is 2.82 bits per heavy atom. The number of halogens is 2. The monoisotopic (exact) mass is 216 g/mol. The Kier molecular flexibility index (Phi) is 2.65. The minimum Gasteiger partial charge on any atom is -0.463 e. The van der Waals surface area contributed by atoms with E-state index in [0.29, 0.717) is 4.47 Å². The summed E-state index contributed by atoms with van der Waals surface area (Å²) in [4.78, 5) is 0. The number of ether oxygens (including phenoxy) is 1. The molecule has 0 aliphatic rings. The van der Waals surface area contributed by atoms with Gasteiger partial charge in [0.2, 0.25) is 0 Å². The van der Waals surface area contributed by atoms with Crippen LogP contribution in [0.1, 0.15) is 0 Å². The maximum Gasteiger partial charge on any atom is 0.166 e. The highest BCUT2D eigenvalue weighted by atomic mass is 79.9. The predicted molar refractivity (Wildman–Crippen MR) is 44.9 cm³/mol. The molecule has 1 rings (SSSR count). The zero-order chi connectivity index (χ0) is 8.27. The summed E-state index contributed by atoms with van der Waals surface area (Å²) >= 11 is 3.13. The standard InChI is InChI=1S/C8H6BrFO/c1-2-11-8-4-3-6(9)5-7(8)10/h2-5H,1H2. The number of hydrogen-bond donors (Lipinski definition) is 0. The minimum atomic E-state index is -0.403. The number of benzene rings is 1. The first-order chi connectivity index (χ1) is 5.24. The van der Waals surface area contributed by atoms with E-state index in [1.54, 1.807) is 6.07 Å². The third-order valence-corrected chi connectivity index (χ3v) is 1.60. The summed E-state index contributed by atoms with van der Waals surface area (Å²) in [6.07, 6.45) is 1.19. The Hall–Kier alpha value is -0.830. The van der Waals surface area contributed by atoms with Gasteiger partial charge in [0.25, 0.3) is 0 Å². The van der Waals surface area contributed by atoms with Gasteiger partial charge in [0, 0.05) is 4.47 Å². The lowest BCUT2D eigenvalue weighted by molar-refractivity contribution is 0.442. The molecule has 0 amide bonds. The van der Waals surface area contributed by atoms with Gasteiger partial charge in [-0.2, -0.15) is 0 Å². The second-order valence-electron chi connectivity index (χ2n) is 1.86. The zero-order valence-corrected chi connectivity index (χ0v) is 7.27. The normalized spacial score (nSPS) is 9.27. The average Bonchev–Trinajstić information content (AvgIpc) is 1.95. The highest BCUT2D eigenvalue weighted by Crippen LogP contribution is 2.21. The van der Waals surface area contributed by atoms with Crippen LogP contribution in [0.15, 0.2) is 35.5 Å². The van der Waals surface area contributed by atoms with E-state index in [4.69, 9.17) is 4.74 Å². The van der Waals surface area contributed by atoms with Gasteiger partial charge in [-0.25, -0.2) is 4.39 Å². The maximum absolute atomic E-state index is 12.8. The molecule has 0 atom stereocenters. The summed E-state index contributed by atoms with van der Waals surface area (Å²) in [7, 11) is 0. The Balaban J connectivity index is 2.98. The zero-order valence-electron chi connectivity index (χ0n) is 5.68. The van der Waals surface area contributed by atoms with Crippen LogP contribution >= 0.6 is 15.9 Å². The lowest BCUT2D eigenvalue weighted by Gasteiger charge is -2.00. The Morgan fingerprint density at radius 2 is 2.27 bits per heavy atom. The SMILES string of the molecule is C=COc1ccc(Br)cc1F. The van der Waals surface area contributed by atoms with E-state index in [9.17, 15) is 4.39 Å². The van der Waals surface area contributed by atoms with E-state index in [-0.39, 0.29) is 5.75 Å². The molecular formula is C8H6BrFO. The van der Waals surface area contributed by atoms with E-state index in [2.05, 4.69) is 22.5 Å². The van der Waals surface area contributed by atoms with Gasteiger partial charge in [-0.15, -0.1) is 0 Å². The average molecular weight is 217 g/mol. The van der Waals surface area contributed by atoms with E-state index in [1.807, 2.05) is 0 Å². The van der Waals surface area contributed by atoms with Crippen LogP contribution in [0.25, 0.3) is 0 Å². The highest BCUT2D eigenvalue weighted by Gasteiger charge is 2.00. The summed E-state index contributed by atoms with van der Waals surface area (Å²) in [5.74, 6) is -0.220. The van der Waals surface area contributed by atoms with E-state index in [1.165, 1.54) is 18.4 Å². The molecule has 0 bridgehead atoms. The van der Waals surface area contributed by atoms with Crippen LogP contribution in [0, 0.1) is 5.82 Å². The van der Waals surface area contributed by atoms with Crippen LogP contribution < -0.4 is 4.74 Å². The quantitative estimate of drug-likeness (QED) is 0.691. The van der Waals surface area contributed by atoms with Gasteiger partial charge < -0.3 is 4.74 Å². The van der Waals surface area contributed by atoms with Gasteiger partial charge >= 0.3 is 0 Å². The van der Waals surface area contributed by atoms with Crippen LogP contribution in [0.5, 0.6) is 5.75 Å². The number of rotatable bonds is 2. The highest BCUT2D eigenvalue weighted by molar-refractivity contribution is 9.10. The van der Waals surface area contributed by atoms with Gasteiger partial charge in [0.1, 0.15) is 0 Å². The van der Waals surface area contributed by atoms with Gasteiger partial charge in [0.05, 0.1) is 6.26 Å². The van der Waals surface area contributed by atoms with Crippen molar-refractivity contribution in [3.05, 3.63) is 41.3 Å². The third kappa shape index (κ3) is 2.05. The largest absolute Gasteiger partial charge is 0.463 e. The van der Waals surface area contributed by atoms with Crippen LogP contribution in [0.4, 0.5) is 4.39 Å². The lowest BCUT2D eigenvalue weighted by atomic mass is 10.3. The van der Waals surface area contributed by atoms with Crippen molar-refractivity contribution in [3.63, 3.8) is 0 Å². The van der Waals surface area contributed by atoms with E-state index >= 15 is 0 Å². The molecule has 3 heteroatoms. The molecule has 0 spiro atoms. The van der Waals surface area contributed by atoms with Crippen LogP contribution in [-0.2, 0) is 0 Å². The molecule has 58 valence electrons. The maximum atomic E-state index is 12.8. The molecule has 0 saturated heterocycles. The first-order valence-electron chi connectivity index (χ1n) is 2.96. The fraction of sp³-hybridized carbons (Fsp3) is 0. The summed E-state index contributed by atoms with van der Waals surface area (Å²) in [5, 5.41) is 0. The molecule has 0 unspecified atom stereocenters. The lowest BCUT2D eigenvalue weighted by Crippen LogP contribution is -1.85. The van der Waals surface area contributed by atoms with E-state index in [0.717, 1.165) is 0 Å². The first kappa shape index (κ1) is 8.27. The van der Waals surface area contributed by atoms with Crippen molar-refractivity contribution >= 4 is 15.9 Å². The van der Waals surface area contributed by atoms with Crippen molar-refractivity contribution < 1.29 is 9.13 Å². The van der Waals surface area contributed by atoms with E-state index < -0.39 is 5.82 Å². The van der Waals surface area contributed by atoms with Gasteiger partial charge in [0.15, 0.2) is 11.6 Å². The predicted octanol–water partition coefficient (Wildman–Crippen LogP) is 3.11. The molecule has 0 fully saturated rings. The molecule has 1 aromatic carbocycles. The molecule has 0 aliphatic carbocycles. The van der Waals surface area contributed by atoms with Gasteiger partial charge in [-0.1, -0.05) is 22.5 Å². The minimum absolute atomic E-state index is 0.184. The second kappa shape index (κ2) is 3.53. The molecule has 0 N–H and O–H groups in total. The molecule has 0 aliphatic heterocycles. The summed E-state index contributed by atoms with van der Waals surface area (Å²) in [5.41, 5.74) is 0. The molecule has 0 heterocycles. The summed E-state index contributed by atoms with van der Waals surface area (Å²) in [6.45, 7) is 3.32. The molecule has 0 aromatic heterocycles. The third-order valence-electron chi connectivity index (χ3n) is 1.10. The fourth-order valence-electron chi connectivity index (χ4n) is 0.661. The first-order valence-corrected chi connectivity index (χ1v) is 3.76. The van der Waals surface area contributed by atoms with Crippen molar-refractivity contribution in [2.75, 3.05) is 0 Å². The second-order valence-corrected chi connectivity index (χ2v) is 2.77. The Morgan fingerprint density at radius 1 is 1.55 bits per heavy atom. The summed E-state index contributed by atoms with van der Waals surface area (Å²) in [6, 6.07) is 4.56. The molecule has 1 nitrogen and oxygen atoms in total. The molecule has 0 saturated carbocycles. The van der Waals surface area contributed by atoms with Gasteiger partial charge in [-0.3, -0.25) is 0 Å². The van der Waals surface area contributed by atoms with Crippen molar-refractivity contribution in [1.82, 2.24) is 0 Å². The smallest absolute Gasteiger partial charge is 0.166 e.